The summed E-state index contributed by atoms with van der Waals surface area (Å²) in [7, 11) is 1.71. The average molecular weight is 523 g/mol. The van der Waals surface area contributed by atoms with Crippen LogP contribution in [0.15, 0.2) is 54.6 Å². The van der Waals surface area contributed by atoms with Gasteiger partial charge in [0.15, 0.2) is 0 Å². The van der Waals surface area contributed by atoms with Crippen molar-refractivity contribution in [3.63, 3.8) is 0 Å². The highest BCUT2D eigenvalue weighted by atomic mass is 16.2. The van der Waals surface area contributed by atoms with Crippen molar-refractivity contribution in [3.8, 4) is 0 Å². The zero-order valence-electron chi connectivity index (χ0n) is 23.9. The summed E-state index contributed by atoms with van der Waals surface area (Å²) in [6, 6.07) is 16.3. The molecule has 7 heteroatoms. The van der Waals surface area contributed by atoms with Crippen LogP contribution in [0.5, 0.6) is 0 Å². The Morgan fingerprint density at radius 2 is 1.50 bits per heavy atom. The van der Waals surface area contributed by atoms with Gasteiger partial charge in [0.05, 0.1) is 6.04 Å². The Bertz CT molecular complexity index is 1000. The van der Waals surface area contributed by atoms with Gasteiger partial charge in [-0.2, -0.15) is 0 Å². The molecule has 1 aliphatic carbocycles. The molecule has 3 atom stereocenters. The van der Waals surface area contributed by atoms with E-state index in [1.165, 1.54) is 11.1 Å². The lowest BCUT2D eigenvalue weighted by Gasteiger charge is -2.30. The fourth-order valence-corrected chi connectivity index (χ4v) is 4.94. The van der Waals surface area contributed by atoms with Gasteiger partial charge >= 0.3 is 0 Å². The van der Waals surface area contributed by atoms with Crippen LogP contribution in [0.1, 0.15) is 64.2 Å². The maximum Gasteiger partial charge on any atom is 0.246 e. The average Bonchev–Trinajstić information content (AvgIpc) is 3.61. The quantitative estimate of drug-likeness (QED) is 0.494. The number of rotatable bonds is 8. The molecule has 0 bridgehead atoms. The maximum absolute atomic E-state index is 13.6. The van der Waals surface area contributed by atoms with Crippen molar-refractivity contribution in [2.75, 3.05) is 13.6 Å². The molecular formula is C31H46N4O3. The highest BCUT2D eigenvalue weighted by molar-refractivity contribution is 5.93. The van der Waals surface area contributed by atoms with Crippen LogP contribution >= 0.6 is 0 Å². The van der Waals surface area contributed by atoms with Crippen LogP contribution < -0.4 is 16.0 Å². The Balaban J connectivity index is 0.00000121. The van der Waals surface area contributed by atoms with E-state index in [0.717, 1.165) is 24.8 Å². The fraction of sp³-hybridized carbons (Fsp3) is 0.516. The SMILES string of the molecule is CC.CC.CN[C@@H](C)C(=O)N[C@@H](Cc1ccccc1)C(=O)N1CCC[C@@H]1C(=O)NC1Cc2ccccc2C1. The minimum Gasteiger partial charge on any atom is -0.351 e. The number of carbonyl (C=O) groups is 3. The molecule has 3 N–H and O–H groups in total. The molecule has 1 aliphatic heterocycles. The molecule has 2 aromatic rings. The van der Waals surface area contributed by atoms with E-state index in [2.05, 4.69) is 28.1 Å². The summed E-state index contributed by atoms with van der Waals surface area (Å²) in [5.74, 6) is -0.536. The highest BCUT2D eigenvalue weighted by Crippen LogP contribution is 2.24. The molecule has 1 fully saturated rings. The topological polar surface area (TPSA) is 90.5 Å². The van der Waals surface area contributed by atoms with Crippen LogP contribution in [0.2, 0.25) is 0 Å². The predicted molar refractivity (Wildman–Crippen MR) is 154 cm³/mol. The number of likely N-dealkylation sites (N-methyl/N-ethyl adjacent to an activating group) is 1. The number of hydrogen-bond acceptors (Lipinski definition) is 4. The first-order chi connectivity index (χ1) is 18.5. The van der Waals surface area contributed by atoms with E-state index < -0.39 is 18.1 Å². The van der Waals surface area contributed by atoms with Crippen molar-refractivity contribution in [1.29, 1.82) is 0 Å². The Morgan fingerprint density at radius 3 is 2.08 bits per heavy atom. The van der Waals surface area contributed by atoms with Crippen LogP contribution in [-0.2, 0) is 33.6 Å². The molecule has 7 nitrogen and oxygen atoms in total. The molecule has 1 heterocycles. The van der Waals surface area contributed by atoms with Crippen molar-refractivity contribution >= 4 is 17.7 Å². The summed E-state index contributed by atoms with van der Waals surface area (Å²) in [6.45, 7) is 10.3. The van der Waals surface area contributed by atoms with Gasteiger partial charge in [-0.25, -0.2) is 0 Å². The molecule has 38 heavy (non-hydrogen) atoms. The number of amides is 3. The lowest BCUT2D eigenvalue weighted by molar-refractivity contribution is -0.141. The first kappa shape index (κ1) is 31.0. The first-order valence-electron chi connectivity index (χ1n) is 14.2. The Morgan fingerprint density at radius 1 is 0.921 bits per heavy atom. The number of carbonyl (C=O) groups excluding carboxylic acids is 3. The number of benzene rings is 2. The van der Waals surface area contributed by atoms with Crippen molar-refractivity contribution in [2.24, 2.45) is 0 Å². The van der Waals surface area contributed by atoms with Crippen LogP contribution in [0.4, 0.5) is 0 Å². The molecule has 2 aliphatic rings. The zero-order chi connectivity index (χ0) is 28.1. The summed E-state index contributed by atoms with van der Waals surface area (Å²) >= 11 is 0. The van der Waals surface area contributed by atoms with E-state index in [4.69, 9.17) is 0 Å². The van der Waals surface area contributed by atoms with E-state index in [1.54, 1.807) is 18.9 Å². The van der Waals surface area contributed by atoms with Gasteiger partial charge in [0.1, 0.15) is 12.1 Å². The third kappa shape index (κ3) is 8.15. The predicted octanol–water partition coefficient (Wildman–Crippen LogP) is 3.65. The Kier molecular flexibility index (Phi) is 13.0. The van der Waals surface area contributed by atoms with Crippen LogP contribution in [0.3, 0.4) is 0 Å². The second-order valence-electron chi connectivity index (χ2n) is 9.33. The number of nitrogens with one attached hydrogen (secondary N) is 3. The summed E-state index contributed by atoms with van der Waals surface area (Å²) < 4.78 is 0. The lowest BCUT2D eigenvalue weighted by atomic mass is 10.0. The Labute approximate surface area is 228 Å². The van der Waals surface area contributed by atoms with Crippen molar-refractivity contribution in [2.45, 2.75) is 90.9 Å². The molecule has 0 spiro atoms. The van der Waals surface area contributed by atoms with Crippen molar-refractivity contribution in [1.82, 2.24) is 20.9 Å². The molecule has 4 rings (SSSR count). The molecule has 0 aromatic heterocycles. The van der Waals surface area contributed by atoms with E-state index in [1.807, 2.05) is 70.2 Å². The second-order valence-corrected chi connectivity index (χ2v) is 9.33. The van der Waals surface area contributed by atoms with Gasteiger partial charge in [0.2, 0.25) is 17.7 Å². The van der Waals surface area contributed by atoms with Crippen molar-refractivity contribution in [3.05, 3.63) is 71.3 Å². The molecule has 1 saturated heterocycles. The largest absolute Gasteiger partial charge is 0.351 e. The number of likely N-dealkylation sites (tertiary alicyclic amines) is 1. The minimum atomic E-state index is -0.727. The third-order valence-corrected chi connectivity index (χ3v) is 6.96. The van der Waals surface area contributed by atoms with Crippen LogP contribution in [0, 0.1) is 0 Å². The zero-order valence-corrected chi connectivity index (χ0v) is 23.9. The standard InChI is InChI=1S/C27H34N4O3.2C2H6/c1-18(28-2)25(32)30-23(15-19-9-4-3-5-10-19)27(34)31-14-8-13-24(31)26(33)29-22-16-20-11-6-7-12-21(20)17-22;2*1-2/h3-7,9-12,18,22-24,28H,8,13-17H2,1-2H3,(H,29,33)(H,30,32);2*1-2H3/t18-,23-,24+;;/m0../s1. The molecule has 0 unspecified atom stereocenters. The monoisotopic (exact) mass is 522 g/mol. The molecule has 208 valence electrons. The highest BCUT2D eigenvalue weighted by Gasteiger charge is 2.39. The van der Waals surface area contributed by atoms with E-state index >= 15 is 0 Å². The third-order valence-electron chi connectivity index (χ3n) is 6.96. The normalized spacial score (nSPS) is 17.6. The van der Waals surface area contributed by atoms with E-state index in [0.29, 0.717) is 19.4 Å². The lowest BCUT2D eigenvalue weighted by Crippen LogP contribution is -2.56. The minimum absolute atomic E-state index is 0.0544. The van der Waals surface area contributed by atoms with Gasteiger partial charge in [-0.15, -0.1) is 0 Å². The maximum atomic E-state index is 13.6. The summed E-state index contributed by atoms with van der Waals surface area (Å²) in [5.41, 5.74) is 3.51. The van der Waals surface area contributed by atoms with Crippen LogP contribution in [0.25, 0.3) is 0 Å². The molecule has 3 amide bonds. The molecule has 2 aromatic carbocycles. The van der Waals surface area contributed by atoms with E-state index in [9.17, 15) is 14.4 Å². The van der Waals surface area contributed by atoms with Gasteiger partial charge in [-0.05, 0) is 56.3 Å². The number of nitrogens with zero attached hydrogens (tertiary/aromatic N) is 1. The molecule has 0 radical (unpaired) electrons. The number of fused-ring (bicyclic) bond motifs is 1. The smallest absolute Gasteiger partial charge is 0.246 e. The number of hydrogen-bond donors (Lipinski definition) is 3. The van der Waals surface area contributed by atoms with E-state index in [-0.39, 0.29) is 23.8 Å². The van der Waals surface area contributed by atoms with Gasteiger partial charge < -0.3 is 20.9 Å². The summed E-state index contributed by atoms with van der Waals surface area (Å²) in [5, 5.41) is 9.01. The van der Waals surface area contributed by atoms with Gasteiger partial charge in [-0.3, -0.25) is 14.4 Å². The van der Waals surface area contributed by atoms with Gasteiger partial charge in [-0.1, -0.05) is 82.3 Å². The first-order valence-corrected chi connectivity index (χ1v) is 14.2. The molecule has 0 saturated carbocycles. The Hall–Kier alpha value is -3.19. The van der Waals surface area contributed by atoms with Gasteiger partial charge in [0, 0.05) is 19.0 Å². The van der Waals surface area contributed by atoms with Crippen molar-refractivity contribution < 1.29 is 14.4 Å². The fourth-order valence-electron chi connectivity index (χ4n) is 4.94. The summed E-state index contributed by atoms with van der Waals surface area (Å²) in [6.07, 6.45) is 3.42. The second kappa shape index (κ2) is 15.9. The van der Waals surface area contributed by atoms with Gasteiger partial charge in [0.25, 0.3) is 0 Å². The summed E-state index contributed by atoms with van der Waals surface area (Å²) in [4.78, 5) is 41.1. The molecular weight excluding hydrogens is 476 g/mol. The van der Waals surface area contributed by atoms with Crippen LogP contribution in [-0.4, -0.2) is 60.4 Å².